The van der Waals surface area contributed by atoms with Crippen LogP contribution in [0.15, 0.2) is 0 Å². The van der Waals surface area contributed by atoms with Gasteiger partial charge in [-0.05, 0) is 19.8 Å². The van der Waals surface area contributed by atoms with Crippen molar-refractivity contribution in [3.05, 3.63) is 0 Å². The van der Waals surface area contributed by atoms with Crippen LogP contribution < -0.4 is 0 Å². The topological polar surface area (TPSA) is 43.8 Å². The number of hydrogen-bond donors (Lipinski definition) is 1. The molecule has 0 spiro atoms. The lowest BCUT2D eigenvalue weighted by Crippen LogP contribution is -2.54. The minimum atomic E-state index is -0.891. The smallest absolute Gasteiger partial charge is 0.231 e. The molecule has 2 aliphatic rings. The summed E-state index contributed by atoms with van der Waals surface area (Å²) in [6.45, 7) is 7.07. The van der Waals surface area contributed by atoms with E-state index in [4.69, 9.17) is 23.2 Å². The van der Waals surface area contributed by atoms with Crippen LogP contribution in [-0.4, -0.2) is 64.0 Å². The van der Waals surface area contributed by atoms with Crippen molar-refractivity contribution in [3.8, 4) is 0 Å². The molecule has 1 heterocycles. The maximum atomic E-state index is 12.4. The maximum Gasteiger partial charge on any atom is 0.231 e. The Morgan fingerprint density at radius 1 is 1.32 bits per heavy atom. The zero-order chi connectivity index (χ0) is 14.3. The number of aliphatic hydroxyl groups excluding tert-OH is 1. The zero-order valence-electron chi connectivity index (χ0n) is 11.5. The highest BCUT2D eigenvalue weighted by Gasteiger charge is 2.68. The Labute approximate surface area is 124 Å². The molecule has 1 amide bonds. The average Bonchev–Trinajstić information content (AvgIpc) is 2.91. The van der Waals surface area contributed by atoms with E-state index in [1.807, 2.05) is 11.8 Å². The van der Waals surface area contributed by atoms with Crippen LogP contribution >= 0.6 is 23.2 Å². The number of nitrogens with zero attached hydrogens (tertiary/aromatic N) is 2. The first-order chi connectivity index (χ1) is 8.85. The lowest BCUT2D eigenvalue weighted by Gasteiger charge is -2.39. The van der Waals surface area contributed by atoms with E-state index in [1.165, 1.54) is 0 Å². The number of aliphatic hydroxyl groups is 1. The standard InChI is InChI=1S/C13H22Cl2N2O2/c1-3-10(8-18)16-4-6-17(7-5-16)11(19)12(2)9-13(12,14)15/h10,18H,3-9H2,1-2H3. The largest absolute Gasteiger partial charge is 0.395 e. The highest BCUT2D eigenvalue weighted by molar-refractivity contribution is 6.53. The maximum absolute atomic E-state index is 12.4. The Kier molecular flexibility index (Phi) is 4.36. The first-order valence-corrected chi connectivity index (χ1v) is 7.63. The van der Waals surface area contributed by atoms with Gasteiger partial charge in [0.15, 0.2) is 0 Å². The second-order valence-corrected chi connectivity index (χ2v) is 7.27. The monoisotopic (exact) mass is 308 g/mol. The lowest BCUT2D eigenvalue weighted by atomic mass is 10.1. The van der Waals surface area contributed by atoms with E-state index in [1.54, 1.807) is 0 Å². The average molecular weight is 309 g/mol. The van der Waals surface area contributed by atoms with Gasteiger partial charge in [-0.2, -0.15) is 0 Å². The normalized spacial score (nSPS) is 32.2. The Hall–Kier alpha value is -0.0300. The molecule has 1 N–H and O–H groups in total. The molecular formula is C13H22Cl2N2O2. The van der Waals surface area contributed by atoms with Crippen LogP contribution in [0.5, 0.6) is 0 Å². The molecule has 2 unspecified atom stereocenters. The van der Waals surface area contributed by atoms with Gasteiger partial charge < -0.3 is 10.0 Å². The summed E-state index contributed by atoms with van der Waals surface area (Å²) in [7, 11) is 0. The summed E-state index contributed by atoms with van der Waals surface area (Å²) in [4.78, 5) is 16.5. The van der Waals surface area contributed by atoms with Crippen molar-refractivity contribution >= 4 is 29.1 Å². The molecule has 0 radical (unpaired) electrons. The Bertz CT molecular complexity index is 353. The summed E-state index contributed by atoms with van der Waals surface area (Å²) in [5.74, 6) is 0.0641. The van der Waals surface area contributed by atoms with Gasteiger partial charge >= 0.3 is 0 Å². The molecule has 0 aromatic carbocycles. The van der Waals surface area contributed by atoms with Gasteiger partial charge in [-0.25, -0.2) is 0 Å². The number of hydrogen-bond acceptors (Lipinski definition) is 3. The molecule has 1 saturated carbocycles. The summed E-state index contributed by atoms with van der Waals surface area (Å²) < 4.78 is -0.891. The molecule has 2 rings (SSSR count). The zero-order valence-corrected chi connectivity index (χ0v) is 13.0. The fourth-order valence-corrected chi connectivity index (χ4v) is 3.47. The number of amides is 1. The molecule has 2 atom stereocenters. The van der Waals surface area contributed by atoms with E-state index in [0.717, 1.165) is 19.5 Å². The molecule has 0 bridgehead atoms. The summed E-state index contributed by atoms with van der Waals surface area (Å²) in [5, 5.41) is 9.30. The Balaban J connectivity index is 1.89. The number of piperazine rings is 1. The van der Waals surface area contributed by atoms with E-state index in [9.17, 15) is 9.90 Å². The summed E-state index contributed by atoms with van der Waals surface area (Å²) in [6, 6.07) is 0.203. The highest BCUT2D eigenvalue weighted by Crippen LogP contribution is 2.64. The fourth-order valence-electron chi connectivity index (χ4n) is 2.77. The van der Waals surface area contributed by atoms with Crippen molar-refractivity contribution in [1.29, 1.82) is 0 Å². The molecule has 0 aromatic heterocycles. The van der Waals surface area contributed by atoms with Gasteiger partial charge in [-0.15, -0.1) is 23.2 Å². The van der Waals surface area contributed by atoms with Gasteiger partial charge in [0.05, 0.1) is 12.0 Å². The molecule has 110 valence electrons. The number of carbonyl (C=O) groups is 1. The van der Waals surface area contributed by atoms with Crippen molar-refractivity contribution in [2.45, 2.75) is 37.1 Å². The third-order valence-corrected chi connectivity index (χ3v) is 5.63. The molecule has 2 fully saturated rings. The molecule has 1 aliphatic carbocycles. The van der Waals surface area contributed by atoms with Crippen molar-refractivity contribution in [1.82, 2.24) is 9.80 Å². The van der Waals surface area contributed by atoms with Crippen molar-refractivity contribution in [2.75, 3.05) is 32.8 Å². The van der Waals surface area contributed by atoms with E-state index >= 15 is 0 Å². The van der Waals surface area contributed by atoms with E-state index in [0.29, 0.717) is 19.5 Å². The van der Waals surface area contributed by atoms with Crippen LogP contribution in [-0.2, 0) is 4.79 Å². The number of halogens is 2. The SMILES string of the molecule is CCC(CO)N1CCN(C(=O)C2(C)CC2(Cl)Cl)CC1. The minimum Gasteiger partial charge on any atom is -0.395 e. The van der Waals surface area contributed by atoms with E-state index in [2.05, 4.69) is 11.8 Å². The fraction of sp³-hybridized carbons (Fsp3) is 0.923. The molecule has 19 heavy (non-hydrogen) atoms. The van der Waals surface area contributed by atoms with Crippen molar-refractivity contribution < 1.29 is 9.90 Å². The van der Waals surface area contributed by atoms with Crippen molar-refractivity contribution in [3.63, 3.8) is 0 Å². The van der Waals surface area contributed by atoms with Crippen LogP contribution in [0.4, 0.5) is 0 Å². The quantitative estimate of drug-likeness (QED) is 0.800. The van der Waals surface area contributed by atoms with Crippen LogP contribution in [0, 0.1) is 5.41 Å². The van der Waals surface area contributed by atoms with Gasteiger partial charge in [0, 0.05) is 32.2 Å². The minimum absolute atomic E-state index is 0.0641. The van der Waals surface area contributed by atoms with Crippen molar-refractivity contribution in [2.24, 2.45) is 5.41 Å². The predicted octanol–water partition coefficient (Wildman–Crippen LogP) is 1.49. The number of carbonyl (C=O) groups excluding carboxylic acids is 1. The Morgan fingerprint density at radius 2 is 1.84 bits per heavy atom. The first kappa shape index (κ1) is 15.4. The second kappa shape index (κ2) is 5.40. The highest BCUT2D eigenvalue weighted by atomic mass is 35.5. The second-order valence-electron chi connectivity index (χ2n) is 5.79. The van der Waals surface area contributed by atoms with E-state index < -0.39 is 9.75 Å². The summed E-state index contributed by atoms with van der Waals surface area (Å²) >= 11 is 12.1. The molecule has 1 saturated heterocycles. The van der Waals surface area contributed by atoms with E-state index in [-0.39, 0.29) is 18.6 Å². The van der Waals surface area contributed by atoms with Gasteiger partial charge in [0.25, 0.3) is 0 Å². The first-order valence-electron chi connectivity index (χ1n) is 6.88. The summed E-state index contributed by atoms with van der Waals surface area (Å²) in [5.41, 5.74) is -0.612. The number of rotatable bonds is 4. The Morgan fingerprint density at radius 3 is 2.21 bits per heavy atom. The molecule has 1 aliphatic heterocycles. The van der Waals surface area contributed by atoms with Crippen LogP contribution in [0.2, 0.25) is 0 Å². The summed E-state index contributed by atoms with van der Waals surface area (Å²) in [6.07, 6.45) is 1.46. The van der Waals surface area contributed by atoms with Gasteiger partial charge in [-0.3, -0.25) is 9.69 Å². The van der Waals surface area contributed by atoms with Crippen LogP contribution in [0.3, 0.4) is 0 Å². The molecule has 4 nitrogen and oxygen atoms in total. The van der Waals surface area contributed by atoms with Gasteiger partial charge in [0.1, 0.15) is 4.33 Å². The number of alkyl halides is 2. The molecular weight excluding hydrogens is 287 g/mol. The van der Waals surface area contributed by atoms with Crippen LogP contribution in [0.1, 0.15) is 26.7 Å². The lowest BCUT2D eigenvalue weighted by molar-refractivity contribution is -0.138. The van der Waals surface area contributed by atoms with Gasteiger partial charge in [0.2, 0.25) is 5.91 Å². The van der Waals surface area contributed by atoms with Crippen LogP contribution in [0.25, 0.3) is 0 Å². The third kappa shape index (κ3) is 2.73. The predicted molar refractivity (Wildman–Crippen MR) is 76.5 cm³/mol. The molecule has 0 aromatic rings. The van der Waals surface area contributed by atoms with Gasteiger partial charge in [-0.1, -0.05) is 6.92 Å². The molecule has 6 heteroatoms. The third-order valence-electron chi connectivity index (χ3n) is 4.53.